The van der Waals surface area contributed by atoms with Gasteiger partial charge in [-0.2, -0.15) is 0 Å². The molecule has 0 aromatic carbocycles. The van der Waals surface area contributed by atoms with Gasteiger partial charge in [-0.25, -0.2) is 0 Å². The van der Waals surface area contributed by atoms with Crippen LogP contribution in [-0.2, 0) is 4.79 Å². The Balaban J connectivity index is 2.38. The van der Waals surface area contributed by atoms with Gasteiger partial charge in [0.2, 0.25) is 0 Å². The highest BCUT2D eigenvalue weighted by Crippen LogP contribution is 2.34. The molecule has 0 radical (unpaired) electrons. The molecule has 0 saturated heterocycles. The summed E-state index contributed by atoms with van der Waals surface area (Å²) in [7, 11) is 0. The zero-order valence-corrected chi connectivity index (χ0v) is 12.8. The molecule has 0 unspecified atom stereocenters. The molecule has 2 aromatic heterocycles. The van der Waals surface area contributed by atoms with Crippen LogP contribution >= 0.6 is 23.1 Å². The number of nitro groups is 1. The van der Waals surface area contributed by atoms with Crippen molar-refractivity contribution in [1.82, 2.24) is 14.8 Å². The van der Waals surface area contributed by atoms with Gasteiger partial charge in [-0.05, 0) is 19.9 Å². The summed E-state index contributed by atoms with van der Waals surface area (Å²) in [5.74, 6) is -0.544. The van der Waals surface area contributed by atoms with Crippen LogP contribution in [0.15, 0.2) is 17.3 Å². The molecule has 0 fully saturated rings. The lowest BCUT2D eigenvalue weighted by Crippen LogP contribution is -2.06. The number of thioether (sulfide) groups is 1. The molecule has 10 heteroatoms. The van der Waals surface area contributed by atoms with Crippen LogP contribution < -0.4 is 0 Å². The second-order valence-electron chi connectivity index (χ2n) is 4.35. The second-order valence-corrected chi connectivity index (χ2v) is 6.35. The quantitative estimate of drug-likeness (QED) is 0.493. The first-order chi connectivity index (χ1) is 9.90. The standard InChI is InChI=1S/C11H12N4O4S2/c1-6(2)14-10(7-3-4-8(21-7)15(18)19)12-13-11(14)20-5-9(16)17/h3-4,6H,5H2,1-2H3,(H,16,17). The van der Waals surface area contributed by atoms with Gasteiger partial charge in [0, 0.05) is 12.1 Å². The largest absolute Gasteiger partial charge is 0.481 e. The maximum absolute atomic E-state index is 10.8. The monoisotopic (exact) mass is 328 g/mol. The van der Waals surface area contributed by atoms with Crippen LogP contribution in [0.4, 0.5) is 5.00 Å². The summed E-state index contributed by atoms with van der Waals surface area (Å²) in [6, 6.07) is 3.05. The van der Waals surface area contributed by atoms with Gasteiger partial charge < -0.3 is 5.11 Å². The Kier molecular flexibility index (Phi) is 4.58. The lowest BCUT2D eigenvalue weighted by atomic mass is 10.3. The number of aliphatic carboxylic acids is 1. The average molecular weight is 328 g/mol. The zero-order chi connectivity index (χ0) is 15.6. The van der Waals surface area contributed by atoms with Gasteiger partial charge in [0.1, 0.15) is 0 Å². The van der Waals surface area contributed by atoms with Crippen molar-refractivity contribution < 1.29 is 14.8 Å². The van der Waals surface area contributed by atoms with Crippen molar-refractivity contribution in [2.24, 2.45) is 0 Å². The predicted molar refractivity (Wildman–Crippen MR) is 78.7 cm³/mol. The van der Waals surface area contributed by atoms with Crippen molar-refractivity contribution in [3.63, 3.8) is 0 Å². The minimum atomic E-state index is -0.938. The third kappa shape index (κ3) is 3.39. The van der Waals surface area contributed by atoms with Crippen LogP contribution in [0.1, 0.15) is 19.9 Å². The first-order valence-electron chi connectivity index (χ1n) is 5.94. The van der Waals surface area contributed by atoms with E-state index in [2.05, 4.69) is 10.2 Å². The fourth-order valence-corrected chi connectivity index (χ4v) is 3.27. The Morgan fingerprint density at radius 3 is 2.76 bits per heavy atom. The van der Waals surface area contributed by atoms with E-state index < -0.39 is 10.9 Å². The fourth-order valence-electron chi connectivity index (χ4n) is 1.68. The minimum absolute atomic E-state index is 0.00690. The molecule has 0 aliphatic heterocycles. The molecule has 2 heterocycles. The van der Waals surface area contributed by atoms with Crippen molar-refractivity contribution in [3.05, 3.63) is 22.2 Å². The van der Waals surface area contributed by atoms with Crippen LogP contribution in [0.2, 0.25) is 0 Å². The third-order valence-electron chi connectivity index (χ3n) is 2.50. The van der Waals surface area contributed by atoms with Gasteiger partial charge in [0.05, 0.1) is 15.6 Å². The molecular formula is C11H12N4O4S2. The Morgan fingerprint density at radius 1 is 1.52 bits per heavy atom. The number of thiophene rings is 1. The summed E-state index contributed by atoms with van der Waals surface area (Å²) in [5, 5.41) is 28.0. The molecule has 21 heavy (non-hydrogen) atoms. The zero-order valence-electron chi connectivity index (χ0n) is 11.2. The minimum Gasteiger partial charge on any atom is -0.481 e. The molecule has 112 valence electrons. The molecule has 0 aliphatic carbocycles. The molecule has 8 nitrogen and oxygen atoms in total. The van der Waals surface area contributed by atoms with E-state index in [4.69, 9.17) is 5.11 Å². The van der Waals surface area contributed by atoms with E-state index in [9.17, 15) is 14.9 Å². The Hall–Kier alpha value is -1.94. The SMILES string of the molecule is CC(C)n1c(SCC(=O)O)nnc1-c1ccc([N+](=O)[O-])s1. The molecule has 0 amide bonds. The molecule has 2 rings (SSSR count). The van der Waals surface area contributed by atoms with E-state index in [-0.39, 0.29) is 16.8 Å². The predicted octanol–water partition coefficient (Wildman–Crippen LogP) is 2.67. The number of carboxylic acids is 1. The van der Waals surface area contributed by atoms with Crippen LogP contribution in [0, 0.1) is 10.1 Å². The van der Waals surface area contributed by atoms with Crippen LogP contribution in [0.5, 0.6) is 0 Å². The summed E-state index contributed by atoms with van der Waals surface area (Å²) >= 11 is 2.09. The van der Waals surface area contributed by atoms with Gasteiger partial charge in [0.15, 0.2) is 11.0 Å². The molecular weight excluding hydrogens is 316 g/mol. The second kappa shape index (κ2) is 6.22. The van der Waals surface area contributed by atoms with Crippen LogP contribution in [0.3, 0.4) is 0 Å². The summed E-state index contributed by atoms with van der Waals surface area (Å²) in [6.45, 7) is 3.83. The van der Waals surface area contributed by atoms with Crippen molar-refractivity contribution in [1.29, 1.82) is 0 Å². The maximum Gasteiger partial charge on any atom is 0.324 e. The van der Waals surface area contributed by atoms with E-state index in [0.29, 0.717) is 15.9 Å². The highest BCUT2D eigenvalue weighted by atomic mass is 32.2. The van der Waals surface area contributed by atoms with Crippen molar-refractivity contribution in [2.75, 3.05) is 5.75 Å². The van der Waals surface area contributed by atoms with Gasteiger partial charge in [0.25, 0.3) is 0 Å². The normalized spacial score (nSPS) is 11.0. The van der Waals surface area contributed by atoms with E-state index in [1.807, 2.05) is 13.8 Å². The number of aromatic nitrogens is 3. The maximum atomic E-state index is 10.8. The molecule has 1 N–H and O–H groups in total. The van der Waals surface area contributed by atoms with Crippen molar-refractivity contribution in [3.8, 4) is 10.7 Å². The highest BCUT2D eigenvalue weighted by Gasteiger charge is 2.21. The number of hydrogen-bond donors (Lipinski definition) is 1. The molecule has 0 atom stereocenters. The summed E-state index contributed by atoms with van der Waals surface area (Å²) in [4.78, 5) is 21.6. The lowest BCUT2D eigenvalue weighted by molar-refractivity contribution is -0.380. The smallest absolute Gasteiger partial charge is 0.324 e. The van der Waals surface area contributed by atoms with E-state index >= 15 is 0 Å². The molecule has 2 aromatic rings. The Morgan fingerprint density at radius 2 is 2.24 bits per heavy atom. The van der Waals surface area contributed by atoms with Crippen molar-refractivity contribution >= 4 is 34.1 Å². The first kappa shape index (κ1) is 15.4. The molecule has 0 saturated carbocycles. The van der Waals surface area contributed by atoms with Gasteiger partial charge >= 0.3 is 11.0 Å². The van der Waals surface area contributed by atoms with Gasteiger partial charge in [-0.15, -0.1) is 10.2 Å². The third-order valence-corrected chi connectivity index (χ3v) is 4.46. The van der Waals surface area contributed by atoms with Gasteiger partial charge in [-0.3, -0.25) is 19.5 Å². The van der Waals surface area contributed by atoms with Crippen LogP contribution in [-0.4, -0.2) is 36.5 Å². The number of rotatable bonds is 6. The first-order valence-corrected chi connectivity index (χ1v) is 7.74. The number of nitrogens with zero attached hydrogens (tertiary/aromatic N) is 4. The Bertz CT molecular complexity index is 680. The van der Waals surface area contributed by atoms with E-state index in [1.165, 1.54) is 6.07 Å². The Labute approximate surface area is 128 Å². The molecule has 0 spiro atoms. The topological polar surface area (TPSA) is 111 Å². The number of carboxylic acid groups (broad SMARTS) is 1. The molecule has 0 bridgehead atoms. The fraction of sp³-hybridized carbons (Fsp3) is 0.364. The highest BCUT2D eigenvalue weighted by molar-refractivity contribution is 7.99. The molecule has 0 aliphatic rings. The summed E-state index contributed by atoms with van der Waals surface area (Å²) < 4.78 is 1.78. The summed E-state index contributed by atoms with van der Waals surface area (Å²) in [6.07, 6.45) is 0. The van der Waals surface area contributed by atoms with Gasteiger partial charge in [-0.1, -0.05) is 23.1 Å². The van der Waals surface area contributed by atoms with E-state index in [0.717, 1.165) is 23.1 Å². The van der Waals surface area contributed by atoms with E-state index in [1.54, 1.807) is 10.6 Å². The summed E-state index contributed by atoms with van der Waals surface area (Å²) in [5.41, 5.74) is 0. The lowest BCUT2D eigenvalue weighted by Gasteiger charge is -2.12. The average Bonchev–Trinajstić information content (AvgIpc) is 3.02. The van der Waals surface area contributed by atoms with Crippen molar-refractivity contribution in [2.45, 2.75) is 25.0 Å². The number of carbonyl (C=O) groups is 1. The number of hydrogen-bond acceptors (Lipinski definition) is 7. The van der Waals surface area contributed by atoms with Crippen LogP contribution in [0.25, 0.3) is 10.7 Å².